The van der Waals surface area contributed by atoms with Crippen LogP contribution in [0.3, 0.4) is 0 Å². The van der Waals surface area contributed by atoms with Gasteiger partial charge in [0.1, 0.15) is 19.1 Å². The Labute approximate surface area is 180 Å². The third-order valence-electron chi connectivity index (χ3n) is 5.68. The van der Waals surface area contributed by atoms with Crippen LogP contribution in [0.2, 0.25) is 0 Å². The second-order valence-electron chi connectivity index (χ2n) is 7.94. The van der Waals surface area contributed by atoms with Crippen LogP contribution in [0.1, 0.15) is 37.9 Å². The number of hydrazone groups is 1. The Morgan fingerprint density at radius 3 is 2.61 bits per heavy atom. The highest BCUT2D eigenvalue weighted by molar-refractivity contribution is 5.91. The molecule has 0 atom stereocenters. The van der Waals surface area contributed by atoms with Gasteiger partial charge in [-0.15, -0.1) is 0 Å². The molecule has 1 N–H and O–H groups in total. The highest BCUT2D eigenvalue weighted by Crippen LogP contribution is 2.32. The SMILES string of the molecule is CCN1CN(c2cc3c(C(C)C)cn(-c4cccnc4C)c(=O)c3cc2F)N=C1CO. The summed E-state index contributed by atoms with van der Waals surface area (Å²) in [6.07, 6.45) is 3.50. The van der Waals surface area contributed by atoms with Crippen molar-refractivity contribution in [2.24, 2.45) is 5.10 Å². The predicted molar refractivity (Wildman–Crippen MR) is 120 cm³/mol. The number of aliphatic hydroxyl groups is 1. The monoisotopic (exact) mass is 423 g/mol. The summed E-state index contributed by atoms with van der Waals surface area (Å²) in [4.78, 5) is 19.5. The Morgan fingerprint density at radius 2 is 2.00 bits per heavy atom. The molecule has 0 unspecified atom stereocenters. The van der Waals surface area contributed by atoms with Crippen molar-refractivity contribution >= 4 is 22.3 Å². The van der Waals surface area contributed by atoms with E-state index in [1.807, 2.05) is 44.9 Å². The highest BCUT2D eigenvalue weighted by Gasteiger charge is 2.25. The first-order chi connectivity index (χ1) is 14.8. The number of fused-ring (bicyclic) bond motifs is 1. The van der Waals surface area contributed by atoms with E-state index in [0.717, 1.165) is 11.3 Å². The van der Waals surface area contributed by atoms with E-state index in [9.17, 15) is 9.90 Å². The van der Waals surface area contributed by atoms with Crippen LogP contribution in [0.25, 0.3) is 16.5 Å². The fourth-order valence-corrected chi connectivity index (χ4v) is 3.96. The number of rotatable bonds is 5. The molecule has 0 saturated carbocycles. The first-order valence-electron chi connectivity index (χ1n) is 10.4. The minimum absolute atomic E-state index is 0.104. The summed E-state index contributed by atoms with van der Waals surface area (Å²) < 4.78 is 16.8. The lowest BCUT2D eigenvalue weighted by Crippen LogP contribution is -2.32. The fourth-order valence-electron chi connectivity index (χ4n) is 3.96. The van der Waals surface area contributed by atoms with Crippen molar-refractivity contribution in [2.75, 3.05) is 24.8 Å². The molecule has 0 bridgehead atoms. The molecular weight excluding hydrogens is 397 g/mol. The van der Waals surface area contributed by atoms with Crippen LogP contribution < -0.4 is 10.6 Å². The smallest absolute Gasteiger partial charge is 0.263 e. The maximum Gasteiger partial charge on any atom is 0.263 e. The molecule has 8 heteroatoms. The van der Waals surface area contributed by atoms with Gasteiger partial charge in [-0.25, -0.2) is 9.40 Å². The Balaban J connectivity index is 1.94. The molecule has 4 rings (SSSR count). The summed E-state index contributed by atoms with van der Waals surface area (Å²) in [7, 11) is 0. The topological polar surface area (TPSA) is 74.0 Å². The van der Waals surface area contributed by atoms with Crippen LogP contribution in [-0.4, -0.2) is 45.2 Å². The minimum Gasteiger partial charge on any atom is -0.388 e. The molecule has 162 valence electrons. The zero-order valence-electron chi connectivity index (χ0n) is 18.1. The van der Waals surface area contributed by atoms with Crippen LogP contribution in [-0.2, 0) is 0 Å². The van der Waals surface area contributed by atoms with Crippen LogP contribution in [0, 0.1) is 12.7 Å². The van der Waals surface area contributed by atoms with E-state index < -0.39 is 5.82 Å². The molecule has 1 aromatic carbocycles. The largest absolute Gasteiger partial charge is 0.388 e. The molecule has 2 aromatic heterocycles. The second kappa shape index (κ2) is 8.11. The average Bonchev–Trinajstić information content (AvgIpc) is 3.17. The van der Waals surface area contributed by atoms with Gasteiger partial charge in [0.05, 0.1) is 22.5 Å². The number of anilines is 1. The summed E-state index contributed by atoms with van der Waals surface area (Å²) >= 11 is 0. The molecule has 3 heterocycles. The summed E-state index contributed by atoms with van der Waals surface area (Å²) in [6.45, 7) is 8.65. The summed E-state index contributed by atoms with van der Waals surface area (Å²) in [5.41, 5.74) is 2.31. The van der Waals surface area contributed by atoms with Crippen LogP contribution in [0.5, 0.6) is 0 Å². The van der Waals surface area contributed by atoms with Crippen molar-refractivity contribution in [1.29, 1.82) is 0 Å². The molecule has 1 aliphatic rings. The normalized spacial score (nSPS) is 14.1. The van der Waals surface area contributed by atoms with E-state index in [0.29, 0.717) is 35.5 Å². The first-order valence-corrected chi connectivity index (χ1v) is 10.4. The lowest BCUT2D eigenvalue weighted by atomic mass is 9.97. The number of aliphatic hydroxyl groups excluding tert-OH is 1. The third kappa shape index (κ3) is 3.57. The summed E-state index contributed by atoms with van der Waals surface area (Å²) in [6, 6.07) is 6.60. The van der Waals surface area contributed by atoms with Gasteiger partial charge >= 0.3 is 0 Å². The lowest BCUT2D eigenvalue weighted by molar-refractivity contribution is 0.332. The molecule has 1 aliphatic heterocycles. The van der Waals surface area contributed by atoms with Gasteiger partial charge in [-0.2, -0.15) is 5.10 Å². The molecule has 3 aromatic rings. The van der Waals surface area contributed by atoms with E-state index in [4.69, 9.17) is 0 Å². The van der Waals surface area contributed by atoms with E-state index in [1.54, 1.807) is 22.9 Å². The van der Waals surface area contributed by atoms with Gasteiger partial charge in [-0.05, 0) is 55.0 Å². The predicted octanol–water partition coefficient (Wildman–Crippen LogP) is 3.36. The number of amidine groups is 1. The Bertz CT molecular complexity index is 1230. The molecule has 7 nitrogen and oxygen atoms in total. The molecule has 0 amide bonds. The number of hydrogen-bond donors (Lipinski definition) is 1. The van der Waals surface area contributed by atoms with Crippen molar-refractivity contribution < 1.29 is 9.50 Å². The number of aryl methyl sites for hydroxylation is 1. The van der Waals surface area contributed by atoms with Gasteiger partial charge in [-0.3, -0.25) is 14.3 Å². The Morgan fingerprint density at radius 1 is 1.23 bits per heavy atom. The fraction of sp³-hybridized carbons (Fsp3) is 0.348. The van der Waals surface area contributed by atoms with Gasteiger partial charge in [0, 0.05) is 18.9 Å². The van der Waals surface area contributed by atoms with E-state index in [1.165, 1.54) is 11.1 Å². The quantitative estimate of drug-likeness (QED) is 0.681. The minimum atomic E-state index is -0.529. The molecule has 0 radical (unpaired) electrons. The maximum absolute atomic E-state index is 15.2. The number of benzene rings is 1. The van der Waals surface area contributed by atoms with Gasteiger partial charge in [0.2, 0.25) is 0 Å². The molecule has 0 fully saturated rings. The van der Waals surface area contributed by atoms with Crippen molar-refractivity contribution in [2.45, 2.75) is 33.6 Å². The Hall–Kier alpha value is -3.26. The maximum atomic E-state index is 15.2. The third-order valence-corrected chi connectivity index (χ3v) is 5.68. The van der Waals surface area contributed by atoms with Crippen molar-refractivity contribution in [3.63, 3.8) is 0 Å². The zero-order valence-corrected chi connectivity index (χ0v) is 18.1. The first kappa shape index (κ1) is 21.0. The van der Waals surface area contributed by atoms with E-state index >= 15 is 4.39 Å². The van der Waals surface area contributed by atoms with Crippen molar-refractivity contribution in [1.82, 2.24) is 14.5 Å². The van der Waals surface area contributed by atoms with Crippen molar-refractivity contribution in [3.05, 3.63) is 64.1 Å². The average molecular weight is 423 g/mol. The number of pyridine rings is 2. The molecule has 0 spiro atoms. The molecule has 0 aliphatic carbocycles. The molecular formula is C23H26FN5O2. The Kier molecular flexibility index (Phi) is 5.49. The summed E-state index contributed by atoms with van der Waals surface area (Å²) in [5, 5.41) is 16.5. The van der Waals surface area contributed by atoms with Crippen molar-refractivity contribution in [3.8, 4) is 5.69 Å². The number of aromatic nitrogens is 2. The van der Waals surface area contributed by atoms with Crippen LogP contribution in [0.4, 0.5) is 10.1 Å². The zero-order chi connectivity index (χ0) is 22.3. The number of hydrogen-bond acceptors (Lipinski definition) is 6. The van der Waals surface area contributed by atoms with Crippen LogP contribution >= 0.6 is 0 Å². The van der Waals surface area contributed by atoms with E-state index in [-0.39, 0.29) is 23.8 Å². The number of likely N-dealkylation sites (N-methyl/N-ethyl adjacent to an activating group) is 1. The van der Waals surface area contributed by atoms with Gasteiger partial charge in [-0.1, -0.05) is 13.8 Å². The van der Waals surface area contributed by atoms with E-state index in [2.05, 4.69) is 10.1 Å². The van der Waals surface area contributed by atoms with Gasteiger partial charge in [0.15, 0.2) is 5.84 Å². The number of nitrogens with zero attached hydrogens (tertiary/aromatic N) is 5. The standard InChI is InChI=1S/C23H26FN5O2/c1-5-27-13-29(26-22(27)12-30)21-10-16-17(9-19(21)24)23(31)28(11-18(16)14(2)3)20-7-6-8-25-15(20)4/h6-11,14,30H,5,12-13H2,1-4H3. The lowest BCUT2D eigenvalue weighted by Gasteiger charge is -2.21. The highest BCUT2D eigenvalue weighted by atomic mass is 19.1. The molecule has 31 heavy (non-hydrogen) atoms. The second-order valence-corrected chi connectivity index (χ2v) is 7.94. The van der Waals surface area contributed by atoms with Gasteiger partial charge in [0.25, 0.3) is 5.56 Å². The van der Waals surface area contributed by atoms with Gasteiger partial charge < -0.3 is 10.0 Å². The number of halogens is 1. The molecule has 0 saturated heterocycles. The van der Waals surface area contributed by atoms with Crippen LogP contribution in [0.15, 0.2) is 46.6 Å². The summed E-state index contributed by atoms with van der Waals surface area (Å²) in [5.74, 6) is 0.0689.